The summed E-state index contributed by atoms with van der Waals surface area (Å²) in [5, 5.41) is 12.3. The van der Waals surface area contributed by atoms with Gasteiger partial charge in [-0.2, -0.15) is 0 Å². The van der Waals surface area contributed by atoms with Crippen molar-refractivity contribution in [1.82, 2.24) is 0 Å². The Morgan fingerprint density at radius 2 is 2.00 bits per heavy atom. The highest BCUT2D eigenvalue weighted by Gasteiger charge is 2.17. The van der Waals surface area contributed by atoms with E-state index < -0.39 is 22.0 Å². The van der Waals surface area contributed by atoms with Gasteiger partial charge in [-0.3, -0.25) is 0 Å². The van der Waals surface area contributed by atoms with E-state index in [1.165, 1.54) is 0 Å². The number of aliphatic hydroxyl groups excluding tert-OH is 1. The third-order valence-corrected chi connectivity index (χ3v) is 4.54. The first kappa shape index (κ1) is 14.9. The Morgan fingerprint density at radius 3 is 2.56 bits per heavy atom. The molecular weight excluding hydrogens is 252 g/mol. The lowest BCUT2D eigenvalue weighted by atomic mass is 10.2. The number of hydrogen-bond donors (Lipinski definition) is 3. The second-order valence-electron chi connectivity index (χ2n) is 4.18. The van der Waals surface area contributed by atoms with Gasteiger partial charge in [0, 0.05) is 12.6 Å². The molecular formula is C12H20N2O3S. The van der Waals surface area contributed by atoms with Crippen molar-refractivity contribution in [2.45, 2.75) is 30.9 Å². The van der Waals surface area contributed by atoms with E-state index >= 15 is 0 Å². The molecule has 0 aliphatic rings. The molecule has 0 amide bonds. The Hall–Kier alpha value is -1.11. The van der Waals surface area contributed by atoms with Crippen LogP contribution in [0.1, 0.15) is 13.8 Å². The monoisotopic (exact) mass is 272 g/mol. The smallest absolute Gasteiger partial charge is 0.180 e. The van der Waals surface area contributed by atoms with Gasteiger partial charge in [-0.15, -0.1) is 0 Å². The molecule has 0 heterocycles. The summed E-state index contributed by atoms with van der Waals surface area (Å²) < 4.78 is 23.8. The maximum atomic E-state index is 11.9. The zero-order chi connectivity index (χ0) is 13.8. The van der Waals surface area contributed by atoms with Gasteiger partial charge in [0.15, 0.2) is 9.84 Å². The molecule has 102 valence electrons. The lowest BCUT2D eigenvalue weighted by Gasteiger charge is -2.17. The third kappa shape index (κ3) is 3.69. The van der Waals surface area contributed by atoms with Crippen LogP contribution in [0.4, 0.5) is 5.69 Å². The predicted molar refractivity (Wildman–Crippen MR) is 72.3 cm³/mol. The fourth-order valence-corrected chi connectivity index (χ4v) is 2.51. The van der Waals surface area contributed by atoms with Gasteiger partial charge in [0.05, 0.1) is 22.4 Å². The van der Waals surface area contributed by atoms with Gasteiger partial charge in [-0.05, 0) is 19.1 Å². The van der Waals surface area contributed by atoms with Crippen LogP contribution in [0, 0.1) is 0 Å². The molecule has 0 fully saturated rings. The zero-order valence-electron chi connectivity index (χ0n) is 10.6. The molecule has 0 radical (unpaired) electrons. The summed E-state index contributed by atoms with van der Waals surface area (Å²) in [6, 6.07) is 6.25. The standard InChI is InChI=1S/C12H20N2O3S/c1-3-18(16,17)12-7-5-4-6-11(12)14-8-10(13)9(2)15/h4-7,9-10,14-15H,3,8,13H2,1-2H3. The van der Waals surface area contributed by atoms with Gasteiger partial charge in [-0.25, -0.2) is 8.42 Å². The van der Waals surface area contributed by atoms with Gasteiger partial charge in [-0.1, -0.05) is 19.1 Å². The number of nitrogens with one attached hydrogen (secondary N) is 1. The highest BCUT2D eigenvalue weighted by molar-refractivity contribution is 7.91. The Kier molecular flexibility index (Phi) is 5.13. The van der Waals surface area contributed by atoms with E-state index in [0.29, 0.717) is 12.2 Å². The molecule has 4 N–H and O–H groups in total. The summed E-state index contributed by atoms with van der Waals surface area (Å²) in [6.07, 6.45) is -0.646. The molecule has 1 rings (SSSR count). The average Bonchev–Trinajstić information content (AvgIpc) is 2.36. The second kappa shape index (κ2) is 6.17. The summed E-state index contributed by atoms with van der Waals surface area (Å²) in [5.74, 6) is 0.0498. The number of hydrogen-bond acceptors (Lipinski definition) is 5. The Morgan fingerprint density at radius 1 is 1.39 bits per heavy atom. The zero-order valence-corrected chi connectivity index (χ0v) is 11.4. The number of rotatable bonds is 6. The maximum absolute atomic E-state index is 11.9. The molecule has 0 aliphatic heterocycles. The molecule has 0 saturated heterocycles. The molecule has 5 nitrogen and oxygen atoms in total. The minimum Gasteiger partial charge on any atom is -0.392 e. The minimum absolute atomic E-state index is 0.0498. The SMILES string of the molecule is CCS(=O)(=O)c1ccccc1NCC(N)C(C)O. The highest BCUT2D eigenvalue weighted by Crippen LogP contribution is 2.21. The first-order valence-electron chi connectivity index (χ1n) is 5.87. The van der Waals surface area contributed by atoms with E-state index in [1.54, 1.807) is 38.1 Å². The van der Waals surface area contributed by atoms with E-state index in [9.17, 15) is 13.5 Å². The number of anilines is 1. The lowest BCUT2D eigenvalue weighted by molar-refractivity contribution is 0.168. The molecule has 1 aromatic carbocycles. The van der Waals surface area contributed by atoms with Crippen LogP contribution in [0.5, 0.6) is 0 Å². The summed E-state index contributed by atoms with van der Waals surface area (Å²) in [4.78, 5) is 0.269. The van der Waals surface area contributed by atoms with Crippen molar-refractivity contribution in [3.05, 3.63) is 24.3 Å². The van der Waals surface area contributed by atoms with Crippen molar-refractivity contribution >= 4 is 15.5 Å². The molecule has 2 atom stereocenters. The van der Waals surface area contributed by atoms with Crippen LogP contribution in [0.15, 0.2) is 29.2 Å². The Balaban J connectivity index is 2.91. The van der Waals surface area contributed by atoms with Gasteiger partial charge >= 0.3 is 0 Å². The summed E-state index contributed by atoms with van der Waals surface area (Å²) in [7, 11) is -3.26. The van der Waals surface area contributed by atoms with Gasteiger partial charge in [0.25, 0.3) is 0 Å². The fourth-order valence-electron chi connectivity index (χ4n) is 1.44. The molecule has 18 heavy (non-hydrogen) atoms. The number of benzene rings is 1. The van der Waals surface area contributed by atoms with Gasteiger partial charge in [0.1, 0.15) is 0 Å². The van der Waals surface area contributed by atoms with Crippen molar-refractivity contribution in [1.29, 1.82) is 0 Å². The topological polar surface area (TPSA) is 92.4 Å². The van der Waals surface area contributed by atoms with Crippen LogP contribution in [0.25, 0.3) is 0 Å². The minimum atomic E-state index is -3.26. The molecule has 0 saturated carbocycles. The maximum Gasteiger partial charge on any atom is 0.180 e. The quantitative estimate of drug-likeness (QED) is 0.705. The van der Waals surface area contributed by atoms with Crippen LogP contribution in [0.3, 0.4) is 0 Å². The molecule has 0 spiro atoms. The van der Waals surface area contributed by atoms with E-state index in [1.807, 2.05) is 0 Å². The number of aliphatic hydroxyl groups is 1. The number of nitrogens with two attached hydrogens (primary N) is 1. The fraction of sp³-hybridized carbons (Fsp3) is 0.500. The van der Waals surface area contributed by atoms with Crippen LogP contribution in [0.2, 0.25) is 0 Å². The second-order valence-corrected chi connectivity index (χ2v) is 6.43. The first-order chi connectivity index (χ1) is 8.38. The van der Waals surface area contributed by atoms with E-state index in [4.69, 9.17) is 5.73 Å². The number of para-hydroxylation sites is 1. The first-order valence-corrected chi connectivity index (χ1v) is 7.53. The van der Waals surface area contributed by atoms with Crippen molar-refractivity contribution in [2.24, 2.45) is 5.73 Å². The average molecular weight is 272 g/mol. The van der Waals surface area contributed by atoms with Crippen molar-refractivity contribution in [2.75, 3.05) is 17.6 Å². The molecule has 6 heteroatoms. The molecule has 2 unspecified atom stereocenters. The summed E-state index contributed by atoms with van der Waals surface area (Å²) in [5.41, 5.74) is 6.22. The van der Waals surface area contributed by atoms with Crippen LogP contribution in [-0.2, 0) is 9.84 Å². The van der Waals surface area contributed by atoms with Crippen LogP contribution < -0.4 is 11.1 Å². The molecule has 0 aliphatic carbocycles. The summed E-state index contributed by atoms with van der Waals surface area (Å²) in [6.45, 7) is 3.52. The highest BCUT2D eigenvalue weighted by atomic mass is 32.2. The van der Waals surface area contributed by atoms with Gasteiger partial charge in [0.2, 0.25) is 0 Å². The van der Waals surface area contributed by atoms with Crippen molar-refractivity contribution < 1.29 is 13.5 Å². The normalized spacial score (nSPS) is 15.1. The molecule has 1 aromatic rings. The largest absolute Gasteiger partial charge is 0.392 e. The Labute approximate surface area is 108 Å². The lowest BCUT2D eigenvalue weighted by Crippen LogP contribution is -2.38. The van der Waals surface area contributed by atoms with Crippen molar-refractivity contribution in [3.8, 4) is 0 Å². The predicted octanol–water partition coefficient (Wildman–Crippen LogP) is 0.600. The van der Waals surface area contributed by atoms with Gasteiger partial charge < -0.3 is 16.2 Å². The summed E-state index contributed by atoms with van der Waals surface area (Å²) >= 11 is 0. The van der Waals surface area contributed by atoms with Crippen LogP contribution in [-0.4, -0.2) is 38.0 Å². The molecule has 0 aromatic heterocycles. The molecule has 0 bridgehead atoms. The van der Waals surface area contributed by atoms with Crippen LogP contribution >= 0.6 is 0 Å². The van der Waals surface area contributed by atoms with E-state index in [2.05, 4.69) is 5.32 Å². The van der Waals surface area contributed by atoms with E-state index in [-0.39, 0.29) is 10.6 Å². The van der Waals surface area contributed by atoms with Crippen molar-refractivity contribution in [3.63, 3.8) is 0 Å². The third-order valence-electron chi connectivity index (χ3n) is 2.75. The van der Waals surface area contributed by atoms with E-state index in [0.717, 1.165) is 0 Å². The Bertz CT molecular complexity index is 486. The number of sulfone groups is 1.